The molecule has 2 aliphatic rings. The quantitative estimate of drug-likeness (QED) is 0.279. The third-order valence-corrected chi connectivity index (χ3v) is 6.38. The van der Waals surface area contributed by atoms with Crippen molar-refractivity contribution in [1.82, 2.24) is 15.5 Å². The molecule has 16 heteroatoms. The topological polar surface area (TPSA) is 137 Å². The molecule has 46 heavy (non-hydrogen) atoms. The average Bonchev–Trinajstić information content (AvgIpc) is 3.49. The zero-order valence-electron chi connectivity index (χ0n) is 24.0. The number of benzene rings is 3. The monoisotopic (exact) mass is 657 g/mol. The largest absolute Gasteiger partial charge is 0.490 e. The van der Waals surface area contributed by atoms with Gasteiger partial charge in [-0.15, -0.1) is 0 Å². The third kappa shape index (κ3) is 11.3. The summed E-state index contributed by atoms with van der Waals surface area (Å²) in [6.07, 6.45) is -10.2. The molecular formula is C30H29F6N3O7. The minimum Gasteiger partial charge on any atom is -0.475 e. The van der Waals surface area contributed by atoms with Crippen LogP contribution in [0.15, 0.2) is 66.7 Å². The maximum atomic E-state index is 12.6. The number of fused-ring (bicyclic) bond motifs is 1. The minimum atomic E-state index is -5.08. The summed E-state index contributed by atoms with van der Waals surface area (Å²) in [4.78, 5) is 32.9. The molecule has 10 nitrogen and oxygen atoms in total. The Bertz CT molecular complexity index is 1480. The summed E-state index contributed by atoms with van der Waals surface area (Å²) in [5, 5.41) is 20.7. The van der Waals surface area contributed by atoms with E-state index in [2.05, 4.69) is 51.9 Å². The van der Waals surface area contributed by atoms with Crippen LogP contribution < -0.4 is 20.1 Å². The summed E-state index contributed by atoms with van der Waals surface area (Å²) in [6.45, 7) is 5.91. The lowest BCUT2D eigenvalue weighted by Gasteiger charge is -2.27. The predicted octanol–water partition coefficient (Wildman–Crippen LogP) is 4.68. The number of rotatable bonds is 6. The number of nitrogens with zero attached hydrogens (tertiary/aromatic N) is 1. The smallest absolute Gasteiger partial charge is 0.475 e. The number of nitrogens with one attached hydrogen (secondary N) is 2. The van der Waals surface area contributed by atoms with Gasteiger partial charge in [0.25, 0.3) is 5.91 Å². The van der Waals surface area contributed by atoms with E-state index in [9.17, 15) is 31.1 Å². The van der Waals surface area contributed by atoms with Crippen LogP contribution in [-0.2, 0) is 22.7 Å². The van der Waals surface area contributed by atoms with E-state index in [-0.39, 0.29) is 12.7 Å². The van der Waals surface area contributed by atoms with E-state index in [1.807, 2.05) is 12.1 Å². The summed E-state index contributed by atoms with van der Waals surface area (Å²) in [7, 11) is 0. The third-order valence-electron chi connectivity index (χ3n) is 6.38. The Balaban J connectivity index is 0.000000345. The highest BCUT2D eigenvalue weighted by Crippen LogP contribution is 2.32. The van der Waals surface area contributed by atoms with Gasteiger partial charge in [0.1, 0.15) is 0 Å². The highest BCUT2D eigenvalue weighted by atomic mass is 19.4. The fraction of sp³-hybridized carbons (Fsp3) is 0.300. The number of ether oxygens (including phenoxy) is 2. The number of halogens is 6. The summed E-state index contributed by atoms with van der Waals surface area (Å²) < 4.78 is 74.1. The lowest BCUT2D eigenvalue weighted by Crippen LogP contribution is -2.42. The molecule has 0 aromatic heterocycles. The first-order valence-electron chi connectivity index (χ1n) is 13.5. The highest BCUT2D eigenvalue weighted by Gasteiger charge is 2.38. The Morgan fingerprint density at radius 2 is 1.28 bits per heavy atom. The molecule has 1 fully saturated rings. The van der Waals surface area contributed by atoms with Crippen LogP contribution >= 0.6 is 0 Å². The van der Waals surface area contributed by atoms with Gasteiger partial charge < -0.3 is 30.3 Å². The highest BCUT2D eigenvalue weighted by molar-refractivity contribution is 5.94. The molecule has 1 saturated heterocycles. The number of amides is 1. The van der Waals surface area contributed by atoms with Gasteiger partial charge in [-0.05, 0) is 52.6 Å². The van der Waals surface area contributed by atoms with Gasteiger partial charge in [-0.2, -0.15) is 26.3 Å². The fourth-order valence-electron chi connectivity index (χ4n) is 4.16. The van der Waals surface area contributed by atoms with Crippen LogP contribution in [0, 0.1) is 0 Å². The van der Waals surface area contributed by atoms with Gasteiger partial charge in [-0.25, -0.2) is 9.59 Å². The number of hydrogen-bond acceptors (Lipinski definition) is 7. The molecule has 0 bridgehead atoms. The lowest BCUT2D eigenvalue weighted by atomic mass is 10.0. The van der Waals surface area contributed by atoms with E-state index >= 15 is 0 Å². The molecule has 3 aromatic rings. The van der Waals surface area contributed by atoms with E-state index in [1.54, 1.807) is 18.2 Å². The minimum absolute atomic E-state index is 0.133. The summed E-state index contributed by atoms with van der Waals surface area (Å²) >= 11 is 0. The molecule has 0 unspecified atom stereocenters. The van der Waals surface area contributed by atoms with Crippen LogP contribution in [0.4, 0.5) is 26.3 Å². The van der Waals surface area contributed by atoms with Crippen LogP contribution in [-0.4, -0.2) is 78.3 Å². The van der Waals surface area contributed by atoms with Crippen molar-refractivity contribution < 1.29 is 60.4 Å². The molecule has 2 aliphatic heterocycles. The number of carbonyl (C=O) groups excluding carboxylic acids is 1. The molecule has 0 atom stereocenters. The van der Waals surface area contributed by atoms with Crippen LogP contribution in [0.1, 0.15) is 21.5 Å². The molecule has 0 radical (unpaired) electrons. The molecule has 1 amide bonds. The van der Waals surface area contributed by atoms with Gasteiger partial charge in [0.05, 0.1) is 0 Å². The van der Waals surface area contributed by atoms with Crippen LogP contribution in [0.25, 0.3) is 11.1 Å². The van der Waals surface area contributed by atoms with Crippen LogP contribution in [0.2, 0.25) is 0 Å². The summed E-state index contributed by atoms with van der Waals surface area (Å²) in [5.74, 6) is -4.36. The molecule has 0 spiro atoms. The van der Waals surface area contributed by atoms with Gasteiger partial charge >= 0.3 is 24.3 Å². The number of alkyl halides is 6. The van der Waals surface area contributed by atoms with E-state index in [1.165, 1.54) is 11.1 Å². The van der Waals surface area contributed by atoms with E-state index in [0.29, 0.717) is 23.6 Å². The van der Waals surface area contributed by atoms with Crippen molar-refractivity contribution in [3.05, 3.63) is 83.4 Å². The maximum absolute atomic E-state index is 12.6. The molecule has 5 rings (SSSR count). The van der Waals surface area contributed by atoms with E-state index in [4.69, 9.17) is 29.3 Å². The van der Waals surface area contributed by atoms with Gasteiger partial charge in [0.15, 0.2) is 11.5 Å². The second kappa shape index (κ2) is 15.9. The maximum Gasteiger partial charge on any atom is 0.490 e. The Labute approximate surface area is 258 Å². The molecule has 2 heterocycles. The Kier molecular flexibility index (Phi) is 12.4. The number of carbonyl (C=O) groups is 3. The van der Waals surface area contributed by atoms with Crippen LogP contribution in [0.3, 0.4) is 0 Å². The molecular weight excluding hydrogens is 628 g/mol. The molecule has 3 aromatic carbocycles. The predicted molar refractivity (Wildman–Crippen MR) is 151 cm³/mol. The molecule has 0 aliphatic carbocycles. The first-order chi connectivity index (χ1) is 21.6. The van der Waals surface area contributed by atoms with E-state index < -0.39 is 24.3 Å². The fourth-order valence-corrected chi connectivity index (χ4v) is 4.16. The normalized spacial score (nSPS) is 14.2. The van der Waals surface area contributed by atoms with Crippen molar-refractivity contribution in [2.45, 2.75) is 25.4 Å². The van der Waals surface area contributed by atoms with Crippen molar-refractivity contribution >= 4 is 17.8 Å². The number of carboxylic acid groups (broad SMARTS) is 2. The molecule has 4 N–H and O–H groups in total. The Morgan fingerprint density at radius 1 is 0.761 bits per heavy atom. The van der Waals surface area contributed by atoms with Crippen molar-refractivity contribution in [3.63, 3.8) is 0 Å². The number of piperazine rings is 1. The first kappa shape index (κ1) is 35.6. The molecule has 0 saturated carbocycles. The standard InChI is InChI=1S/C26H27N3O3.2C2HF3O2/c30-26(23-7-8-24-25(15-23)32-18-31-24)28-16-19-3-1-5-21(13-19)22-6-2-4-20(14-22)17-29-11-9-27-10-12-29;2*3-2(4,5)1(6)7/h1-8,13-15,27H,9-12,16-18H2,(H,28,30);2*(H,6,7). The van der Waals surface area contributed by atoms with Gasteiger partial charge in [-0.3, -0.25) is 9.69 Å². The molecule has 248 valence electrons. The van der Waals surface area contributed by atoms with Crippen LogP contribution in [0.5, 0.6) is 11.5 Å². The van der Waals surface area contributed by atoms with Gasteiger partial charge in [0.2, 0.25) is 6.79 Å². The van der Waals surface area contributed by atoms with Crippen molar-refractivity contribution in [3.8, 4) is 22.6 Å². The lowest BCUT2D eigenvalue weighted by molar-refractivity contribution is -0.193. The number of carboxylic acids is 2. The first-order valence-corrected chi connectivity index (χ1v) is 13.5. The van der Waals surface area contributed by atoms with Crippen molar-refractivity contribution in [2.75, 3.05) is 33.0 Å². The Hall–Kier alpha value is -4.83. The zero-order valence-corrected chi connectivity index (χ0v) is 24.0. The average molecular weight is 658 g/mol. The van der Waals surface area contributed by atoms with Crippen molar-refractivity contribution in [2.24, 2.45) is 0 Å². The number of aliphatic carboxylic acids is 2. The van der Waals surface area contributed by atoms with Gasteiger partial charge in [-0.1, -0.05) is 36.4 Å². The van der Waals surface area contributed by atoms with E-state index in [0.717, 1.165) is 43.9 Å². The second-order valence-electron chi connectivity index (χ2n) is 9.78. The Morgan fingerprint density at radius 3 is 1.85 bits per heavy atom. The van der Waals surface area contributed by atoms with Gasteiger partial charge in [0, 0.05) is 44.8 Å². The zero-order chi connectivity index (χ0) is 33.9. The van der Waals surface area contributed by atoms with Crippen molar-refractivity contribution in [1.29, 1.82) is 0 Å². The summed E-state index contributed by atoms with van der Waals surface area (Å²) in [5.41, 5.74) is 5.30. The summed E-state index contributed by atoms with van der Waals surface area (Å²) in [6, 6.07) is 22.3. The SMILES string of the molecule is O=C(NCc1cccc(-c2cccc(CN3CCNCC3)c2)c1)c1ccc2c(c1)OCO2.O=C(O)C(F)(F)F.O=C(O)C(F)(F)F. The second-order valence-corrected chi connectivity index (χ2v) is 9.78. The number of hydrogen-bond donors (Lipinski definition) is 4.